The number of benzene rings is 2. The van der Waals surface area contributed by atoms with Crippen molar-refractivity contribution >= 4 is 42.3 Å². The van der Waals surface area contributed by atoms with Crippen LogP contribution in [0.4, 0.5) is 5.69 Å². The first-order chi connectivity index (χ1) is 17.5. The highest BCUT2D eigenvalue weighted by atomic mass is 35.5. The molecule has 1 N–H and O–H groups in total. The Morgan fingerprint density at radius 3 is 2.65 bits per heavy atom. The number of carbonyl (C=O) groups is 1. The molecular formula is C29H36ClN3O3Si. The Morgan fingerprint density at radius 1 is 1.19 bits per heavy atom. The lowest BCUT2D eigenvalue weighted by Crippen LogP contribution is -2.58. The number of hydrogen-bond acceptors (Lipinski definition) is 5. The number of carbonyl (C=O) groups excluding carboxylic acids is 1. The molecule has 1 fully saturated rings. The standard InChI is InChI=1S/C29H36ClN3O3Si/c1-29(2,3)37(4,5)36-25-17-35-13-12-24(25)33-18-32-27-22-9-7-6-8-21(22)20(15-23(27)28(33)34)14-19-10-11-26(30)31-16-19/h6-11,15-16,24-25,32H,12-14,17-18H2,1-5H3/t24-,25-/m0/s1. The van der Waals surface area contributed by atoms with E-state index in [1.807, 2.05) is 23.1 Å². The van der Waals surface area contributed by atoms with Crippen LogP contribution in [0.3, 0.4) is 0 Å². The summed E-state index contributed by atoms with van der Waals surface area (Å²) in [6.45, 7) is 12.8. The minimum atomic E-state index is -2.04. The molecule has 5 rings (SSSR count). The Balaban J connectivity index is 1.49. The SMILES string of the molecule is CC(C)(C)[Si](C)(C)O[C@H]1COCC[C@@H]1N1CNc2c(cc(Cc3ccc(Cl)nc3)c3ccccc23)C1=O. The average molecular weight is 538 g/mol. The second-order valence-electron chi connectivity index (χ2n) is 11.6. The maximum atomic E-state index is 14.1. The Hall–Kier alpha value is -2.45. The summed E-state index contributed by atoms with van der Waals surface area (Å²) < 4.78 is 12.6. The molecule has 2 aromatic carbocycles. The fraction of sp³-hybridized carbons (Fsp3) is 0.448. The van der Waals surface area contributed by atoms with Crippen molar-refractivity contribution in [2.75, 3.05) is 25.2 Å². The van der Waals surface area contributed by atoms with Crippen molar-refractivity contribution in [3.63, 3.8) is 0 Å². The fourth-order valence-electron chi connectivity index (χ4n) is 5.07. The van der Waals surface area contributed by atoms with Gasteiger partial charge in [0.2, 0.25) is 0 Å². The van der Waals surface area contributed by atoms with Gasteiger partial charge in [0, 0.05) is 18.2 Å². The second kappa shape index (κ2) is 10.0. The van der Waals surface area contributed by atoms with Crippen LogP contribution in [0, 0.1) is 0 Å². The summed E-state index contributed by atoms with van der Waals surface area (Å²) in [6, 6.07) is 14.1. The van der Waals surface area contributed by atoms with Crippen LogP contribution in [0.15, 0.2) is 48.7 Å². The van der Waals surface area contributed by atoms with E-state index < -0.39 is 8.32 Å². The van der Waals surface area contributed by atoms with Crippen molar-refractivity contribution in [3.8, 4) is 0 Å². The number of pyridine rings is 1. The maximum absolute atomic E-state index is 14.1. The molecule has 1 amide bonds. The van der Waals surface area contributed by atoms with E-state index in [0.29, 0.717) is 37.0 Å². The first-order valence-corrected chi connectivity index (χ1v) is 16.3. The summed E-state index contributed by atoms with van der Waals surface area (Å²) in [4.78, 5) is 20.3. The molecule has 0 spiro atoms. The summed E-state index contributed by atoms with van der Waals surface area (Å²) in [5.41, 5.74) is 3.76. The van der Waals surface area contributed by atoms with Crippen molar-refractivity contribution in [2.45, 2.75) is 63.9 Å². The second-order valence-corrected chi connectivity index (χ2v) is 16.8. The molecule has 8 heteroatoms. The van der Waals surface area contributed by atoms with Gasteiger partial charge in [-0.15, -0.1) is 0 Å². The van der Waals surface area contributed by atoms with Gasteiger partial charge in [0.05, 0.1) is 36.7 Å². The van der Waals surface area contributed by atoms with E-state index in [1.165, 1.54) is 0 Å². The van der Waals surface area contributed by atoms with Gasteiger partial charge in [-0.25, -0.2) is 4.98 Å². The van der Waals surface area contributed by atoms with Gasteiger partial charge in [-0.2, -0.15) is 0 Å². The highest BCUT2D eigenvalue weighted by molar-refractivity contribution is 6.74. The molecule has 0 saturated carbocycles. The first-order valence-electron chi connectivity index (χ1n) is 13.0. The molecule has 3 aromatic rings. The van der Waals surface area contributed by atoms with Gasteiger partial charge in [-0.3, -0.25) is 4.79 Å². The lowest BCUT2D eigenvalue weighted by molar-refractivity contribution is -0.0501. The largest absolute Gasteiger partial charge is 0.409 e. The zero-order valence-electron chi connectivity index (χ0n) is 22.3. The van der Waals surface area contributed by atoms with Gasteiger partial charge in [-0.05, 0) is 59.6 Å². The smallest absolute Gasteiger partial charge is 0.257 e. The number of amides is 1. The summed E-state index contributed by atoms with van der Waals surface area (Å²) in [6.07, 6.45) is 3.09. The average Bonchev–Trinajstić information content (AvgIpc) is 2.86. The number of ether oxygens (including phenoxy) is 1. The highest BCUT2D eigenvalue weighted by Gasteiger charge is 2.44. The van der Waals surface area contributed by atoms with E-state index in [1.54, 1.807) is 12.3 Å². The van der Waals surface area contributed by atoms with Crippen molar-refractivity contribution in [2.24, 2.45) is 0 Å². The van der Waals surface area contributed by atoms with E-state index in [4.69, 9.17) is 20.8 Å². The van der Waals surface area contributed by atoms with Crippen LogP contribution in [0.1, 0.15) is 48.7 Å². The van der Waals surface area contributed by atoms with Crippen LogP contribution in [-0.4, -0.2) is 56.1 Å². The van der Waals surface area contributed by atoms with E-state index in [0.717, 1.165) is 34.0 Å². The Morgan fingerprint density at radius 2 is 1.95 bits per heavy atom. The molecule has 0 aliphatic carbocycles. The lowest BCUT2D eigenvalue weighted by Gasteiger charge is -2.46. The minimum absolute atomic E-state index is 0.0357. The molecule has 2 atom stereocenters. The van der Waals surface area contributed by atoms with E-state index in [2.05, 4.69) is 62.4 Å². The van der Waals surface area contributed by atoms with Gasteiger partial charge >= 0.3 is 0 Å². The molecule has 2 aliphatic heterocycles. The molecule has 2 aliphatic rings. The maximum Gasteiger partial charge on any atom is 0.257 e. The van der Waals surface area contributed by atoms with Gasteiger partial charge < -0.3 is 19.4 Å². The lowest BCUT2D eigenvalue weighted by atomic mass is 9.92. The van der Waals surface area contributed by atoms with Crippen LogP contribution in [0.5, 0.6) is 0 Å². The number of hydrogen-bond donors (Lipinski definition) is 1. The van der Waals surface area contributed by atoms with Crippen LogP contribution in [-0.2, 0) is 15.6 Å². The number of halogens is 1. The van der Waals surface area contributed by atoms with E-state index in [9.17, 15) is 4.79 Å². The van der Waals surface area contributed by atoms with Gasteiger partial charge in [0.1, 0.15) is 5.15 Å². The van der Waals surface area contributed by atoms with Crippen LogP contribution in [0.2, 0.25) is 23.3 Å². The molecule has 1 aromatic heterocycles. The fourth-order valence-corrected chi connectivity index (χ4v) is 6.52. The number of nitrogens with zero attached hydrogens (tertiary/aromatic N) is 2. The van der Waals surface area contributed by atoms with Crippen molar-refractivity contribution in [1.29, 1.82) is 0 Å². The zero-order valence-corrected chi connectivity index (χ0v) is 24.1. The number of anilines is 1. The predicted molar refractivity (Wildman–Crippen MR) is 152 cm³/mol. The first kappa shape index (κ1) is 26.2. The molecule has 37 heavy (non-hydrogen) atoms. The zero-order chi connectivity index (χ0) is 26.4. The molecule has 0 radical (unpaired) electrons. The molecule has 6 nitrogen and oxygen atoms in total. The van der Waals surface area contributed by atoms with Crippen molar-refractivity contribution < 1.29 is 14.0 Å². The number of fused-ring (bicyclic) bond motifs is 3. The van der Waals surface area contributed by atoms with Crippen LogP contribution >= 0.6 is 11.6 Å². The summed E-state index contributed by atoms with van der Waals surface area (Å²) in [5.74, 6) is 0.0470. The van der Waals surface area contributed by atoms with Gasteiger partial charge in [-0.1, -0.05) is 62.7 Å². The van der Waals surface area contributed by atoms with E-state index in [-0.39, 0.29) is 23.1 Å². The van der Waals surface area contributed by atoms with Crippen LogP contribution < -0.4 is 5.32 Å². The van der Waals surface area contributed by atoms with E-state index >= 15 is 0 Å². The van der Waals surface area contributed by atoms with Gasteiger partial charge in [0.15, 0.2) is 8.32 Å². The third kappa shape index (κ3) is 5.15. The Kier molecular flexibility index (Phi) is 7.09. The number of rotatable bonds is 5. The Labute approximate surface area is 225 Å². The van der Waals surface area contributed by atoms with Crippen LogP contribution in [0.25, 0.3) is 10.8 Å². The highest BCUT2D eigenvalue weighted by Crippen LogP contribution is 2.40. The third-order valence-corrected chi connectivity index (χ3v) is 12.9. The van der Waals surface area contributed by atoms with Gasteiger partial charge in [0.25, 0.3) is 5.91 Å². The molecule has 196 valence electrons. The predicted octanol–water partition coefficient (Wildman–Crippen LogP) is 6.48. The number of nitrogens with one attached hydrogen (secondary N) is 1. The molecule has 1 saturated heterocycles. The Bertz CT molecular complexity index is 1310. The molecule has 0 unspecified atom stereocenters. The van der Waals surface area contributed by atoms with Crippen molar-refractivity contribution in [3.05, 3.63) is 70.5 Å². The summed E-state index contributed by atoms with van der Waals surface area (Å²) >= 11 is 6.00. The minimum Gasteiger partial charge on any atom is -0.409 e. The molecule has 0 bridgehead atoms. The third-order valence-electron chi connectivity index (χ3n) is 8.15. The number of aromatic nitrogens is 1. The molecule has 3 heterocycles. The normalized spacial score (nSPS) is 20.6. The molecular weight excluding hydrogens is 502 g/mol. The summed E-state index contributed by atoms with van der Waals surface area (Å²) in [7, 11) is -2.04. The van der Waals surface area contributed by atoms with Crippen molar-refractivity contribution in [1.82, 2.24) is 9.88 Å². The quantitative estimate of drug-likeness (QED) is 0.298. The summed E-state index contributed by atoms with van der Waals surface area (Å²) in [5, 5.41) is 6.33. The monoisotopic (exact) mass is 537 g/mol. The topological polar surface area (TPSA) is 63.7 Å².